The van der Waals surface area contributed by atoms with Crippen LogP contribution in [0.4, 0.5) is 0 Å². The van der Waals surface area contributed by atoms with Gasteiger partial charge in [-0.2, -0.15) is 5.10 Å². The Morgan fingerprint density at radius 2 is 2.35 bits per heavy atom. The Kier molecular flexibility index (Phi) is 2.72. The van der Waals surface area contributed by atoms with E-state index >= 15 is 0 Å². The molecule has 0 bridgehead atoms. The number of hydrogen-bond donors (Lipinski definition) is 0. The fourth-order valence-electron chi connectivity index (χ4n) is 2.08. The predicted octanol–water partition coefficient (Wildman–Crippen LogP) is 2.49. The average Bonchev–Trinajstić information content (AvgIpc) is 2.68. The molecule has 6 heteroatoms. The lowest BCUT2D eigenvalue weighted by Gasteiger charge is -2.22. The lowest BCUT2D eigenvalue weighted by Crippen LogP contribution is -2.19. The van der Waals surface area contributed by atoms with E-state index in [9.17, 15) is 0 Å². The minimum Gasteiger partial charge on any atom is -0.356 e. The van der Waals surface area contributed by atoms with Crippen LogP contribution >= 0.6 is 11.6 Å². The first-order valence-electron chi connectivity index (χ1n) is 5.74. The van der Waals surface area contributed by atoms with Gasteiger partial charge < -0.3 is 4.74 Å². The summed E-state index contributed by atoms with van der Waals surface area (Å²) in [5.74, 6) is 0. The molecule has 0 spiro atoms. The van der Waals surface area contributed by atoms with Crippen molar-refractivity contribution >= 4 is 22.8 Å². The van der Waals surface area contributed by atoms with Crippen LogP contribution in [0.1, 0.15) is 31.2 Å². The van der Waals surface area contributed by atoms with Crippen molar-refractivity contribution in [1.82, 2.24) is 19.7 Å². The molecule has 1 aliphatic rings. The van der Waals surface area contributed by atoms with Gasteiger partial charge in [-0.1, -0.05) is 11.6 Å². The second kappa shape index (κ2) is 4.23. The monoisotopic (exact) mass is 252 g/mol. The summed E-state index contributed by atoms with van der Waals surface area (Å²) in [6, 6.07) is 0. The van der Waals surface area contributed by atoms with E-state index in [1.807, 2.05) is 6.92 Å². The Bertz CT molecular complexity index is 548. The third kappa shape index (κ3) is 1.89. The van der Waals surface area contributed by atoms with Crippen LogP contribution in [0, 0.1) is 6.92 Å². The third-order valence-corrected chi connectivity index (χ3v) is 3.16. The van der Waals surface area contributed by atoms with Gasteiger partial charge in [-0.3, -0.25) is 0 Å². The number of ether oxygens (including phenoxy) is 1. The first-order chi connectivity index (χ1) is 8.25. The molecule has 90 valence electrons. The fourth-order valence-corrected chi connectivity index (χ4v) is 2.29. The number of aromatic nitrogens is 4. The maximum atomic E-state index is 6.08. The highest BCUT2D eigenvalue weighted by atomic mass is 35.5. The fraction of sp³-hybridized carbons (Fsp3) is 0.545. The van der Waals surface area contributed by atoms with Crippen LogP contribution in [0.3, 0.4) is 0 Å². The Labute approximate surface area is 104 Å². The van der Waals surface area contributed by atoms with Crippen LogP contribution in [0.5, 0.6) is 0 Å². The van der Waals surface area contributed by atoms with E-state index in [1.165, 1.54) is 0 Å². The number of nitrogens with zero attached hydrogens (tertiary/aromatic N) is 4. The maximum absolute atomic E-state index is 6.08. The minimum atomic E-state index is -0.0595. The molecular weight excluding hydrogens is 240 g/mol. The normalized spacial score (nSPS) is 20.9. The number of aryl methyl sites for hydroxylation is 1. The van der Waals surface area contributed by atoms with Gasteiger partial charge in [0.2, 0.25) is 0 Å². The summed E-state index contributed by atoms with van der Waals surface area (Å²) in [5.41, 5.74) is 2.19. The van der Waals surface area contributed by atoms with Crippen molar-refractivity contribution in [3.05, 3.63) is 17.0 Å². The quantitative estimate of drug-likeness (QED) is 0.783. The summed E-state index contributed by atoms with van der Waals surface area (Å²) in [6.45, 7) is 2.65. The van der Waals surface area contributed by atoms with Crippen molar-refractivity contribution < 1.29 is 4.74 Å². The Balaban J connectivity index is 2.10. The number of fused-ring (bicyclic) bond motifs is 1. The highest BCUT2D eigenvalue weighted by Crippen LogP contribution is 2.27. The van der Waals surface area contributed by atoms with Crippen LogP contribution in [-0.4, -0.2) is 26.4 Å². The molecular formula is C11H13ClN4O. The summed E-state index contributed by atoms with van der Waals surface area (Å²) in [7, 11) is 0. The predicted molar refractivity (Wildman–Crippen MR) is 63.9 cm³/mol. The smallest absolute Gasteiger partial charge is 0.180 e. The zero-order chi connectivity index (χ0) is 11.8. The lowest BCUT2D eigenvalue weighted by molar-refractivity contribution is -0.0369. The first-order valence-corrected chi connectivity index (χ1v) is 6.12. The number of halogens is 1. The van der Waals surface area contributed by atoms with Crippen LogP contribution in [0.15, 0.2) is 6.20 Å². The van der Waals surface area contributed by atoms with E-state index in [-0.39, 0.29) is 6.23 Å². The SMILES string of the molecule is Cc1cnc2c(n1)c(Cl)nn2C1CCCCO1. The van der Waals surface area contributed by atoms with E-state index in [4.69, 9.17) is 16.3 Å². The van der Waals surface area contributed by atoms with E-state index in [0.29, 0.717) is 16.3 Å². The maximum Gasteiger partial charge on any atom is 0.180 e. The van der Waals surface area contributed by atoms with Crippen molar-refractivity contribution in [2.75, 3.05) is 6.61 Å². The Morgan fingerprint density at radius 1 is 1.47 bits per heavy atom. The van der Waals surface area contributed by atoms with E-state index < -0.39 is 0 Å². The highest BCUT2D eigenvalue weighted by molar-refractivity contribution is 6.33. The standard InChI is InChI=1S/C11H13ClN4O/c1-7-6-13-11-9(14-7)10(12)15-16(11)8-4-2-3-5-17-8/h6,8H,2-5H2,1H3. The van der Waals surface area contributed by atoms with Gasteiger partial charge in [0, 0.05) is 6.61 Å². The summed E-state index contributed by atoms with van der Waals surface area (Å²) < 4.78 is 7.44. The molecule has 0 amide bonds. The molecule has 17 heavy (non-hydrogen) atoms. The summed E-state index contributed by atoms with van der Waals surface area (Å²) in [5, 5.41) is 4.68. The molecule has 0 saturated carbocycles. The van der Waals surface area contributed by atoms with Crippen molar-refractivity contribution in [1.29, 1.82) is 0 Å². The average molecular weight is 253 g/mol. The second-order valence-electron chi connectivity index (χ2n) is 4.24. The van der Waals surface area contributed by atoms with Crippen molar-refractivity contribution in [2.24, 2.45) is 0 Å². The van der Waals surface area contributed by atoms with Crippen molar-refractivity contribution in [3.8, 4) is 0 Å². The summed E-state index contributed by atoms with van der Waals surface area (Å²) in [6.07, 6.45) is 4.86. The van der Waals surface area contributed by atoms with E-state index in [1.54, 1.807) is 10.9 Å². The third-order valence-electron chi connectivity index (χ3n) is 2.91. The molecule has 0 aliphatic carbocycles. The molecule has 1 saturated heterocycles. The van der Waals surface area contributed by atoms with Crippen molar-refractivity contribution in [2.45, 2.75) is 32.4 Å². The zero-order valence-electron chi connectivity index (χ0n) is 9.56. The molecule has 0 radical (unpaired) electrons. The van der Waals surface area contributed by atoms with Crippen LogP contribution in [0.2, 0.25) is 5.15 Å². The minimum absolute atomic E-state index is 0.0595. The van der Waals surface area contributed by atoms with Gasteiger partial charge in [0.05, 0.1) is 11.9 Å². The second-order valence-corrected chi connectivity index (χ2v) is 4.60. The molecule has 5 nitrogen and oxygen atoms in total. The molecule has 3 heterocycles. The summed E-state index contributed by atoms with van der Waals surface area (Å²) >= 11 is 6.08. The first kappa shape index (κ1) is 10.9. The highest BCUT2D eigenvalue weighted by Gasteiger charge is 2.21. The Hall–Kier alpha value is -1.20. The lowest BCUT2D eigenvalue weighted by atomic mass is 10.2. The van der Waals surface area contributed by atoms with E-state index in [0.717, 1.165) is 31.6 Å². The van der Waals surface area contributed by atoms with Crippen molar-refractivity contribution in [3.63, 3.8) is 0 Å². The Morgan fingerprint density at radius 3 is 3.12 bits per heavy atom. The van der Waals surface area contributed by atoms with Gasteiger partial charge in [-0.25, -0.2) is 14.6 Å². The van der Waals surface area contributed by atoms with E-state index in [2.05, 4.69) is 15.1 Å². The molecule has 1 fully saturated rings. The molecule has 2 aromatic heterocycles. The number of rotatable bonds is 1. The van der Waals surface area contributed by atoms with Gasteiger partial charge in [0.15, 0.2) is 17.0 Å². The molecule has 1 aliphatic heterocycles. The molecule has 3 rings (SSSR count). The topological polar surface area (TPSA) is 52.8 Å². The number of hydrogen-bond acceptors (Lipinski definition) is 4. The van der Waals surface area contributed by atoms with Gasteiger partial charge in [0.25, 0.3) is 0 Å². The van der Waals surface area contributed by atoms with Crippen LogP contribution < -0.4 is 0 Å². The van der Waals surface area contributed by atoms with Gasteiger partial charge >= 0.3 is 0 Å². The molecule has 0 aromatic carbocycles. The van der Waals surface area contributed by atoms with Gasteiger partial charge in [-0.05, 0) is 26.2 Å². The molecule has 1 unspecified atom stereocenters. The van der Waals surface area contributed by atoms with Gasteiger partial charge in [0.1, 0.15) is 5.52 Å². The van der Waals surface area contributed by atoms with Crippen LogP contribution in [-0.2, 0) is 4.74 Å². The van der Waals surface area contributed by atoms with Gasteiger partial charge in [-0.15, -0.1) is 0 Å². The van der Waals surface area contributed by atoms with Crippen LogP contribution in [0.25, 0.3) is 11.2 Å². The zero-order valence-corrected chi connectivity index (χ0v) is 10.3. The summed E-state index contributed by atoms with van der Waals surface area (Å²) in [4.78, 5) is 8.71. The molecule has 1 atom stereocenters. The molecule has 2 aromatic rings. The molecule has 0 N–H and O–H groups in total. The largest absolute Gasteiger partial charge is 0.356 e.